The number of thioether (sulfide) groups is 1. The van der Waals surface area contributed by atoms with Crippen LogP contribution in [0.25, 0.3) is 0 Å². The molecule has 3 aromatic carbocycles. The molecule has 10 nitrogen and oxygen atoms in total. The maximum atomic E-state index is 13.7. The summed E-state index contributed by atoms with van der Waals surface area (Å²) in [6, 6.07) is 20.3. The maximum absolute atomic E-state index is 13.7. The van der Waals surface area contributed by atoms with Crippen molar-refractivity contribution in [2.45, 2.75) is 45.0 Å². The van der Waals surface area contributed by atoms with Gasteiger partial charge in [-0.05, 0) is 48.6 Å². The number of aliphatic hydroxyl groups excluding tert-OH is 1. The Balaban J connectivity index is 1.46. The fraction of sp³-hybridized carbons (Fsp3) is 0.353. The molecule has 0 spiro atoms. The van der Waals surface area contributed by atoms with Crippen molar-refractivity contribution in [2.75, 3.05) is 32.3 Å². The van der Waals surface area contributed by atoms with Gasteiger partial charge in [-0.2, -0.15) is 0 Å². The molecular weight excluding hydrogens is 592 g/mol. The second-order valence-corrected chi connectivity index (χ2v) is 12.2. The van der Waals surface area contributed by atoms with Crippen LogP contribution < -0.4 is 15.4 Å². The average Bonchev–Trinajstić information content (AvgIpc) is 3.53. The van der Waals surface area contributed by atoms with Gasteiger partial charge in [0.2, 0.25) is 5.91 Å². The Bertz CT molecular complexity index is 1520. The van der Waals surface area contributed by atoms with Gasteiger partial charge in [0.1, 0.15) is 11.8 Å². The lowest BCUT2D eigenvalue weighted by atomic mass is 9.99. The van der Waals surface area contributed by atoms with Crippen LogP contribution in [0.1, 0.15) is 32.6 Å². The van der Waals surface area contributed by atoms with Crippen LogP contribution in [0, 0.1) is 13.8 Å². The van der Waals surface area contributed by atoms with E-state index >= 15 is 0 Å². The number of nitrogens with zero attached hydrogens (tertiary/aromatic N) is 2. The quantitative estimate of drug-likeness (QED) is 0.280. The van der Waals surface area contributed by atoms with E-state index in [1.807, 2.05) is 61.5 Å². The fourth-order valence-corrected chi connectivity index (χ4v) is 6.24. The second kappa shape index (κ2) is 15.6. The zero-order valence-electron chi connectivity index (χ0n) is 26.0. The van der Waals surface area contributed by atoms with Gasteiger partial charge in [0.25, 0.3) is 17.7 Å². The minimum absolute atomic E-state index is 0.166. The molecule has 1 aliphatic rings. The van der Waals surface area contributed by atoms with Crippen LogP contribution in [-0.2, 0) is 27.3 Å². The van der Waals surface area contributed by atoms with E-state index in [4.69, 9.17) is 4.74 Å². The predicted octanol–water partition coefficient (Wildman–Crippen LogP) is 2.69. The molecule has 3 aromatic rings. The third-order valence-electron chi connectivity index (χ3n) is 7.66. The van der Waals surface area contributed by atoms with E-state index in [1.165, 1.54) is 21.6 Å². The molecule has 4 rings (SSSR count). The third-order valence-corrected chi connectivity index (χ3v) is 8.67. The van der Waals surface area contributed by atoms with Crippen molar-refractivity contribution in [3.05, 3.63) is 101 Å². The van der Waals surface area contributed by atoms with Gasteiger partial charge in [-0.1, -0.05) is 66.7 Å². The van der Waals surface area contributed by atoms with Gasteiger partial charge >= 0.3 is 0 Å². The number of ether oxygens (including phenoxy) is 1. The first-order chi connectivity index (χ1) is 21.6. The highest BCUT2D eigenvalue weighted by molar-refractivity contribution is 7.99. The van der Waals surface area contributed by atoms with Crippen LogP contribution in [0.5, 0.6) is 5.75 Å². The molecule has 3 atom stereocenters. The summed E-state index contributed by atoms with van der Waals surface area (Å²) in [6.07, 6.45) is -1.46. The number of hydrogen-bond acceptors (Lipinski definition) is 7. The number of amides is 4. The van der Waals surface area contributed by atoms with Crippen molar-refractivity contribution in [3.8, 4) is 5.75 Å². The van der Waals surface area contributed by atoms with Crippen LogP contribution in [0.4, 0.5) is 0 Å². The van der Waals surface area contributed by atoms with E-state index in [9.17, 15) is 24.3 Å². The third kappa shape index (κ3) is 8.64. The summed E-state index contributed by atoms with van der Waals surface area (Å²) in [5.74, 6) is -0.861. The van der Waals surface area contributed by atoms with Crippen molar-refractivity contribution in [3.63, 3.8) is 0 Å². The molecule has 1 saturated heterocycles. The van der Waals surface area contributed by atoms with Gasteiger partial charge in [-0.25, -0.2) is 0 Å². The normalized spacial score (nSPS) is 15.6. The lowest BCUT2D eigenvalue weighted by Gasteiger charge is -2.30. The summed E-state index contributed by atoms with van der Waals surface area (Å²) in [7, 11) is 3.26. The zero-order valence-corrected chi connectivity index (χ0v) is 26.8. The molecule has 0 unspecified atom stereocenters. The highest BCUT2D eigenvalue weighted by Crippen LogP contribution is 2.25. The summed E-state index contributed by atoms with van der Waals surface area (Å²) in [5.41, 5.74) is 3.84. The van der Waals surface area contributed by atoms with Gasteiger partial charge in [-0.3, -0.25) is 19.2 Å². The van der Waals surface area contributed by atoms with Gasteiger partial charge in [-0.15, -0.1) is 11.8 Å². The molecule has 1 aliphatic heterocycles. The van der Waals surface area contributed by atoms with Crippen molar-refractivity contribution in [2.24, 2.45) is 0 Å². The molecular formula is C34H40N4O6S. The van der Waals surface area contributed by atoms with Crippen LogP contribution >= 0.6 is 11.8 Å². The smallest absolute Gasteiger partial charge is 0.258 e. The predicted molar refractivity (Wildman–Crippen MR) is 174 cm³/mol. The Labute approximate surface area is 268 Å². The topological polar surface area (TPSA) is 128 Å². The number of hydrogen-bond donors (Lipinski definition) is 3. The number of carbonyl (C=O) groups excluding carboxylic acids is 4. The molecule has 0 radical (unpaired) electrons. The number of nitrogens with one attached hydrogen (secondary N) is 2. The molecule has 45 heavy (non-hydrogen) atoms. The summed E-state index contributed by atoms with van der Waals surface area (Å²) in [5, 5.41) is 17.0. The number of aryl methyl sites for hydroxylation is 2. The van der Waals surface area contributed by atoms with Crippen LogP contribution in [0.15, 0.2) is 72.8 Å². The minimum atomic E-state index is -1.62. The first kappa shape index (κ1) is 33.5. The van der Waals surface area contributed by atoms with E-state index in [0.717, 1.165) is 16.7 Å². The molecule has 238 valence electrons. The number of para-hydroxylation sites is 1. The minimum Gasteiger partial charge on any atom is -0.483 e. The number of rotatable bonds is 12. The Hall–Kier alpha value is -4.35. The molecule has 0 aliphatic carbocycles. The van der Waals surface area contributed by atoms with Gasteiger partial charge in [0.15, 0.2) is 12.7 Å². The summed E-state index contributed by atoms with van der Waals surface area (Å²) >= 11 is 1.43. The van der Waals surface area contributed by atoms with Gasteiger partial charge < -0.3 is 30.3 Å². The Kier molecular flexibility index (Phi) is 11.6. The SMILES string of the molecule is Cc1ccccc1CNC(=O)[C@@H]1CSCN1C(=O)[C@@H](O)[C@H](Cc1ccccc1)NC(=O)COc1c(C)cccc1C(=O)N(C)C. The second-order valence-electron chi connectivity index (χ2n) is 11.2. The van der Waals surface area contributed by atoms with Crippen molar-refractivity contribution in [1.29, 1.82) is 0 Å². The van der Waals surface area contributed by atoms with E-state index in [-0.39, 0.29) is 29.9 Å². The van der Waals surface area contributed by atoms with E-state index < -0.39 is 36.6 Å². The first-order valence-corrected chi connectivity index (χ1v) is 15.9. The van der Waals surface area contributed by atoms with Crippen LogP contribution in [0.2, 0.25) is 0 Å². The van der Waals surface area contributed by atoms with E-state index in [1.54, 1.807) is 39.2 Å². The first-order valence-electron chi connectivity index (χ1n) is 14.7. The van der Waals surface area contributed by atoms with Crippen molar-refractivity contribution < 1.29 is 29.0 Å². The molecule has 0 bridgehead atoms. The highest BCUT2D eigenvalue weighted by atomic mass is 32.2. The molecule has 3 N–H and O–H groups in total. The molecule has 11 heteroatoms. The fourth-order valence-electron chi connectivity index (χ4n) is 5.08. The Morgan fingerprint density at radius 3 is 2.38 bits per heavy atom. The summed E-state index contributed by atoms with van der Waals surface area (Å²) in [6.45, 7) is 3.64. The summed E-state index contributed by atoms with van der Waals surface area (Å²) < 4.78 is 5.82. The zero-order chi connectivity index (χ0) is 32.5. The van der Waals surface area contributed by atoms with Crippen molar-refractivity contribution in [1.82, 2.24) is 20.4 Å². The molecule has 1 fully saturated rings. The molecule has 0 aromatic heterocycles. The van der Waals surface area contributed by atoms with E-state index in [0.29, 0.717) is 23.4 Å². The molecule has 1 heterocycles. The average molecular weight is 633 g/mol. The Morgan fingerprint density at radius 2 is 1.67 bits per heavy atom. The monoisotopic (exact) mass is 632 g/mol. The molecule has 0 saturated carbocycles. The van der Waals surface area contributed by atoms with E-state index in [2.05, 4.69) is 10.6 Å². The largest absolute Gasteiger partial charge is 0.483 e. The Morgan fingerprint density at radius 1 is 0.978 bits per heavy atom. The standard InChI is InChI=1S/C34H40N4O6S/c1-22-11-8-9-15-25(22)18-35-32(41)28-20-45-21-38(28)34(43)30(40)27(17-24-13-6-5-7-14-24)36-29(39)19-44-31-23(2)12-10-16-26(31)33(42)37(3)4/h5-16,27-28,30,40H,17-21H2,1-4H3,(H,35,41)(H,36,39)/t27-,28-,30-/m0/s1. The van der Waals surface area contributed by atoms with Gasteiger partial charge in [0, 0.05) is 26.4 Å². The number of benzene rings is 3. The number of aliphatic hydroxyl groups is 1. The lowest BCUT2D eigenvalue weighted by Crippen LogP contribution is -2.56. The van der Waals surface area contributed by atoms with Crippen molar-refractivity contribution >= 4 is 35.4 Å². The summed E-state index contributed by atoms with van der Waals surface area (Å²) in [4.78, 5) is 55.5. The van der Waals surface area contributed by atoms with Crippen LogP contribution in [-0.4, -0.2) is 89.1 Å². The van der Waals surface area contributed by atoms with Gasteiger partial charge in [0.05, 0.1) is 17.5 Å². The molecule has 4 amide bonds. The highest BCUT2D eigenvalue weighted by Gasteiger charge is 2.40. The van der Waals surface area contributed by atoms with Crippen LogP contribution in [0.3, 0.4) is 0 Å². The number of carbonyl (C=O) groups is 4. The maximum Gasteiger partial charge on any atom is 0.258 e. The lowest BCUT2D eigenvalue weighted by molar-refractivity contribution is -0.146.